The van der Waals surface area contributed by atoms with E-state index < -0.39 is 0 Å². The van der Waals surface area contributed by atoms with Crippen LogP contribution in [0.2, 0.25) is 0 Å². The highest BCUT2D eigenvalue weighted by atomic mass is 79.9. The molecule has 3 heteroatoms. The number of aromatic nitrogens is 2. The van der Waals surface area contributed by atoms with Crippen molar-refractivity contribution in [3.05, 3.63) is 23.5 Å². The van der Waals surface area contributed by atoms with Crippen molar-refractivity contribution < 1.29 is 0 Å². The zero-order valence-corrected chi connectivity index (χ0v) is 10.4. The SMILES string of the molecule is CCCn1cc(/C=C(/CC)CBr)cn1. The Morgan fingerprint density at radius 3 is 2.93 bits per heavy atom. The van der Waals surface area contributed by atoms with Crippen LogP contribution in [0.1, 0.15) is 32.3 Å². The van der Waals surface area contributed by atoms with Gasteiger partial charge in [-0.05, 0) is 12.8 Å². The summed E-state index contributed by atoms with van der Waals surface area (Å²) in [6, 6.07) is 0. The summed E-state index contributed by atoms with van der Waals surface area (Å²) < 4.78 is 1.99. The Hall–Kier alpha value is -0.570. The van der Waals surface area contributed by atoms with Gasteiger partial charge in [0.15, 0.2) is 0 Å². The highest BCUT2D eigenvalue weighted by Crippen LogP contribution is 2.11. The van der Waals surface area contributed by atoms with Crippen molar-refractivity contribution in [2.75, 3.05) is 5.33 Å². The average Bonchev–Trinajstić information content (AvgIpc) is 2.63. The van der Waals surface area contributed by atoms with Crippen molar-refractivity contribution in [1.29, 1.82) is 0 Å². The third-order valence-corrected chi connectivity index (χ3v) is 2.82. The molecule has 0 fully saturated rings. The minimum Gasteiger partial charge on any atom is -0.272 e. The van der Waals surface area contributed by atoms with Gasteiger partial charge in [0, 0.05) is 23.6 Å². The van der Waals surface area contributed by atoms with Gasteiger partial charge in [0.05, 0.1) is 6.20 Å². The molecule has 1 aromatic heterocycles. The summed E-state index contributed by atoms with van der Waals surface area (Å²) in [6.45, 7) is 5.33. The average molecular weight is 257 g/mol. The van der Waals surface area contributed by atoms with Crippen molar-refractivity contribution in [3.63, 3.8) is 0 Å². The number of alkyl halides is 1. The van der Waals surface area contributed by atoms with Crippen LogP contribution in [0.5, 0.6) is 0 Å². The fourth-order valence-corrected chi connectivity index (χ4v) is 1.83. The second-order valence-corrected chi connectivity index (χ2v) is 3.89. The van der Waals surface area contributed by atoms with Gasteiger partial charge in [-0.1, -0.05) is 41.4 Å². The fraction of sp³-hybridized carbons (Fsp3) is 0.545. The number of allylic oxidation sites excluding steroid dienone is 1. The molecule has 0 spiro atoms. The van der Waals surface area contributed by atoms with Gasteiger partial charge in [-0.25, -0.2) is 0 Å². The Morgan fingerprint density at radius 2 is 2.36 bits per heavy atom. The maximum Gasteiger partial charge on any atom is 0.0562 e. The number of aryl methyl sites for hydroxylation is 1. The molecular formula is C11H17BrN2. The van der Waals surface area contributed by atoms with Gasteiger partial charge in [-0.3, -0.25) is 4.68 Å². The van der Waals surface area contributed by atoms with Crippen molar-refractivity contribution >= 4 is 22.0 Å². The van der Waals surface area contributed by atoms with Crippen molar-refractivity contribution in [3.8, 4) is 0 Å². The molecule has 1 aromatic rings. The number of rotatable bonds is 5. The predicted molar refractivity (Wildman–Crippen MR) is 64.6 cm³/mol. The summed E-state index contributed by atoms with van der Waals surface area (Å²) in [4.78, 5) is 0. The van der Waals surface area contributed by atoms with E-state index in [1.54, 1.807) is 0 Å². The van der Waals surface area contributed by atoms with Crippen molar-refractivity contribution in [2.45, 2.75) is 33.2 Å². The molecule has 78 valence electrons. The van der Waals surface area contributed by atoms with Crippen LogP contribution in [0.25, 0.3) is 6.08 Å². The molecule has 0 aliphatic rings. The van der Waals surface area contributed by atoms with Gasteiger partial charge in [-0.15, -0.1) is 0 Å². The first-order valence-corrected chi connectivity index (χ1v) is 6.20. The van der Waals surface area contributed by atoms with E-state index in [1.807, 2.05) is 10.9 Å². The zero-order valence-electron chi connectivity index (χ0n) is 8.83. The number of nitrogens with zero attached hydrogens (tertiary/aromatic N) is 2. The van der Waals surface area contributed by atoms with Gasteiger partial charge < -0.3 is 0 Å². The fourth-order valence-electron chi connectivity index (χ4n) is 1.28. The summed E-state index contributed by atoms with van der Waals surface area (Å²) in [7, 11) is 0. The lowest BCUT2D eigenvalue weighted by Gasteiger charge is -1.96. The van der Waals surface area contributed by atoms with Crippen LogP contribution in [0.4, 0.5) is 0 Å². The monoisotopic (exact) mass is 256 g/mol. The largest absolute Gasteiger partial charge is 0.272 e. The first-order valence-electron chi connectivity index (χ1n) is 5.08. The van der Waals surface area contributed by atoms with E-state index in [9.17, 15) is 0 Å². The highest BCUT2D eigenvalue weighted by molar-refractivity contribution is 9.09. The molecule has 0 aliphatic carbocycles. The summed E-state index contributed by atoms with van der Waals surface area (Å²) in [5, 5.41) is 5.23. The van der Waals surface area contributed by atoms with E-state index in [2.05, 4.69) is 47.1 Å². The molecule has 1 heterocycles. The third kappa shape index (κ3) is 3.29. The van der Waals surface area contributed by atoms with Crippen LogP contribution >= 0.6 is 15.9 Å². The second kappa shape index (κ2) is 6.02. The van der Waals surface area contributed by atoms with E-state index >= 15 is 0 Å². The topological polar surface area (TPSA) is 17.8 Å². The molecule has 0 radical (unpaired) electrons. The van der Waals surface area contributed by atoms with Crippen LogP contribution in [0.3, 0.4) is 0 Å². The smallest absolute Gasteiger partial charge is 0.0562 e. The lowest BCUT2D eigenvalue weighted by Crippen LogP contribution is -1.95. The Balaban J connectivity index is 2.71. The number of hydrogen-bond acceptors (Lipinski definition) is 1. The van der Waals surface area contributed by atoms with Gasteiger partial charge >= 0.3 is 0 Å². The van der Waals surface area contributed by atoms with Crippen LogP contribution in [-0.4, -0.2) is 15.1 Å². The Morgan fingerprint density at radius 1 is 1.57 bits per heavy atom. The van der Waals surface area contributed by atoms with Gasteiger partial charge in [0.2, 0.25) is 0 Å². The Kier molecular flexibility index (Phi) is 4.94. The molecule has 14 heavy (non-hydrogen) atoms. The molecule has 2 nitrogen and oxygen atoms in total. The molecular weight excluding hydrogens is 240 g/mol. The summed E-state index contributed by atoms with van der Waals surface area (Å²) in [6.07, 6.45) is 8.44. The van der Waals surface area contributed by atoms with Gasteiger partial charge in [0.25, 0.3) is 0 Å². The molecule has 1 rings (SSSR count). The first-order chi connectivity index (χ1) is 6.80. The van der Waals surface area contributed by atoms with Crippen LogP contribution in [0, 0.1) is 0 Å². The van der Waals surface area contributed by atoms with Crippen molar-refractivity contribution in [2.24, 2.45) is 0 Å². The van der Waals surface area contributed by atoms with E-state index in [-0.39, 0.29) is 0 Å². The normalized spacial score (nSPS) is 12.1. The Bertz CT molecular complexity index is 296. The molecule has 0 saturated heterocycles. The highest BCUT2D eigenvalue weighted by Gasteiger charge is 1.96. The minimum atomic E-state index is 0.947. The minimum absolute atomic E-state index is 0.947. The zero-order chi connectivity index (χ0) is 10.4. The molecule has 0 aliphatic heterocycles. The van der Waals surface area contributed by atoms with E-state index in [0.717, 1.165) is 24.7 Å². The molecule has 0 atom stereocenters. The van der Waals surface area contributed by atoms with Crippen LogP contribution < -0.4 is 0 Å². The molecule has 0 bridgehead atoms. The summed E-state index contributed by atoms with van der Waals surface area (Å²) >= 11 is 3.48. The number of hydrogen-bond donors (Lipinski definition) is 0. The van der Waals surface area contributed by atoms with Crippen LogP contribution in [-0.2, 0) is 6.54 Å². The predicted octanol–water partition coefficient (Wildman–Crippen LogP) is 3.48. The lowest BCUT2D eigenvalue weighted by molar-refractivity contribution is 0.602. The van der Waals surface area contributed by atoms with E-state index in [4.69, 9.17) is 0 Å². The molecule has 0 N–H and O–H groups in total. The molecule has 0 amide bonds. The van der Waals surface area contributed by atoms with Crippen molar-refractivity contribution in [1.82, 2.24) is 9.78 Å². The maximum atomic E-state index is 4.28. The standard InChI is InChI=1S/C11H17BrN2/c1-3-5-14-9-11(8-13-14)6-10(4-2)7-12/h6,8-9H,3-5,7H2,1-2H3/b10-6-. The molecule has 0 aromatic carbocycles. The van der Waals surface area contributed by atoms with Gasteiger partial charge in [0.1, 0.15) is 0 Å². The summed E-state index contributed by atoms with van der Waals surface area (Å²) in [5.41, 5.74) is 2.61. The molecule has 0 saturated carbocycles. The summed E-state index contributed by atoms with van der Waals surface area (Å²) in [5.74, 6) is 0. The lowest BCUT2D eigenvalue weighted by atomic mass is 10.2. The van der Waals surface area contributed by atoms with Crippen LogP contribution in [0.15, 0.2) is 18.0 Å². The maximum absolute atomic E-state index is 4.28. The van der Waals surface area contributed by atoms with E-state index in [1.165, 1.54) is 11.1 Å². The van der Waals surface area contributed by atoms with E-state index in [0.29, 0.717) is 0 Å². The Labute approximate surface area is 94.1 Å². The first kappa shape index (κ1) is 11.5. The van der Waals surface area contributed by atoms with Gasteiger partial charge in [-0.2, -0.15) is 5.10 Å². The molecule has 0 unspecified atom stereocenters. The quantitative estimate of drug-likeness (QED) is 0.738. The number of halogens is 1. The second-order valence-electron chi connectivity index (χ2n) is 3.33. The third-order valence-electron chi connectivity index (χ3n) is 2.10.